The lowest BCUT2D eigenvalue weighted by molar-refractivity contribution is -0.140. The molecule has 3 fully saturated rings. The lowest BCUT2D eigenvalue weighted by Crippen LogP contribution is -2.59. The van der Waals surface area contributed by atoms with E-state index in [-0.39, 0.29) is 5.41 Å². The maximum atomic E-state index is 12.6. The van der Waals surface area contributed by atoms with Crippen molar-refractivity contribution in [3.05, 3.63) is 0 Å². The number of nitrogens with zero attached hydrogens (tertiary/aromatic N) is 1. The van der Waals surface area contributed by atoms with Gasteiger partial charge in [-0.05, 0) is 43.4 Å². The zero-order chi connectivity index (χ0) is 12.8. The summed E-state index contributed by atoms with van der Waals surface area (Å²) in [5.74, 6) is 1.11. The van der Waals surface area contributed by atoms with Crippen LogP contribution < -0.4 is 5.32 Å². The molecular formula is C15H26N2O. The molecule has 0 unspecified atom stereocenters. The second kappa shape index (κ2) is 4.22. The maximum Gasteiger partial charge on any atom is 0.228 e. The molecule has 1 saturated carbocycles. The normalized spacial score (nSPS) is 28.3. The number of carbonyl (C=O) groups excluding carboxylic acids is 1. The number of rotatable bonds is 3. The SMILES string of the molecule is CC(C)CC1(C(=O)N2CCC3(CC2)CNC3)CC1. The van der Waals surface area contributed by atoms with Gasteiger partial charge in [0.05, 0.1) is 0 Å². The van der Waals surface area contributed by atoms with E-state index in [0.29, 0.717) is 17.2 Å². The molecule has 1 N–H and O–H groups in total. The van der Waals surface area contributed by atoms with Crippen LogP contribution in [0.4, 0.5) is 0 Å². The van der Waals surface area contributed by atoms with Crippen molar-refractivity contribution in [3.63, 3.8) is 0 Å². The second-order valence-corrected chi connectivity index (χ2v) is 7.27. The van der Waals surface area contributed by atoms with E-state index in [1.165, 1.54) is 25.9 Å². The van der Waals surface area contributed by atoms with Gasteiger partial charge in [0.15, 0.2) is 0 Å². The first-order chi connectivity index (χ1) is 8.55. The van der Waals surface area contributed by atoms with E-state index in [1.54, 1.807) is 0 Å². The highest BCUT2D eigenvalue weighted by Crippen LogP contribution is 2.52. The van der Waals surface area contributed by atoms with Gasteiger partial charge in [0.1, 0.15) is 0 Å². The van der Waals surface area contributed by atoms with Crippen molar-refractivity contribution < 1.29 is 4.79 Å². The molecule has 1 spiro atoms. The molecule has 2 aliphatic heterocycles. The first-order valence-corrected chi connectivity index (χ1v) is 7.56. The molecule has 2 saturated heterocycles. The average Bonchev–Trinajstić information content (AvgIpc) is 3.06. The highest BCUT2D eigenvalue weighted by molar-refractivity contribution is 5.85. The minimum atomic E-state index is 0.0521. The molecule has 0 radical (unpaired) electrons. The largest absolute Gasteiger partial charge is 0.342 e. The van der Waals surface area contributed by atoms with E-state index in [4.69, 9.17) is 0 Å². The summed E-state index contributed by atoms with van der Waals surface area (Å²) in [5, 5.41) is 3.38. The van der Waals surface area contributed by atoms with Gasteiger partial charge in [-0.3, -0.25) is 4.79 Å². The summed E-state index contributed by atoms with van der Waals surface area (Å²) in [6, 6.07) is 0. The lowest BCUT2D eigenvalue weighted by Gasteiger charge is -2.48. The summed E-state index contributed by atoms with van der Waals surface area (Å²) in [7, 11) is 0. The summed E-state index contributed by atoms with van der Waals surface area (Å²) in [6.07, 6.45) is 5.78. The van der Waals surface area contributed by atoms with Crippen LogP contribution in [0.3, 0.4) is 0 Å². The van der Waals surface area contributed by atoms with E-state index in [0.717, 1.165) is 32.4 Å². The van der Waals surface area contributed by atoms with Crippen molar-refractivity contribution >= 4 is 5.91 Å². The highest BCUT2D eigenvalue weighted by atomic mass is 16.2. The van der Waals surface area contributed by atoms with Gasteiger partial charge in [-0.1, -0.05) is 13.8 Å². The van der Waals surface area contributed by atoms with Crippen molar-refractivity contribution in [1.82, 2.24) is 10.2 Å². The molecule has 18 heavy (non-hydrogen) atoms. The first kappa shape index (κ1) is 12.5. The third-order valence-electron chi connectivity index (χ3n) is 5.22. The summed E-state index contributed by atoms with van der Waals surface area (Å²) in [4.78, 5) is 14.8. The lowest BCUT2D eigenvalue weighted by atomic mass is 9.73. The Kier molecular flexibility index (Phi) is 2.92. The standard InChI is InChI=1S/C15H26N2O/c1-12(2)9-15(3-4-15)13(18)17-7-5-14(6-8-17)10-16-11-14/h12,16H,3-11H2,1-2H3. The van der Waals surface area contributed by atoms with Crippen LogP contribution >= 0.6 is 0 Å². The molecule has 3 heteroatoms. The van der Waals surface area contributed by atoms with E-state index >= 15 is 0 Å². The van der Waals surface area contributed by atoms with Crippen LogP contribution in [-0.2, 0) is 4.79 Å². The fourth-order valence-corrected chi connectivity index (χ4v) is 3.79. The first-order valence-electron chi connectivity index (χ1n) is 7.56. The van der Waals surface area contributed by atoms with Gasteiger partial charge in [0.2, 0.25) is 5.91 Å². The van der Waals surface area contributed by atoms with Gasteiger partial charge < -0.3 is 10.2 Å². The Morgan fingerprint density at radius 3 is 2.17 bits per heavy atom. The number of hydrogen-bond acceptors (Lipinski definition) is 2. The molecule has 0 atom stereocenters. The molecule has 2 heterocycles. The molecule has 102 valence electrons. The third kappa shape index (κ3) is 2.07. The van der Waals surface area contributed by atoms with E-state index < -0.39 is 0 Å². The minimum absolute atomic E-state index is 0.0521. The molecule has 3 rings (SSSR count). The quantitative estimate of drug-likeness (QED) is 0.831. The van der Waals surface area contributed by atoms with E-state index in [1.807, 2.05) is 0 Å². The number of hydrogen-bond donors (Lipinski definition) is 1. The Bertz CT molecular complexity index is 332. The number of likely N-dealkylation sites (tertiary alicyclic amines) is 1. The zero-order valence-electron chi connectivity index (χ0n) is 11.8. The van der Waals surface area contributed by atoms with Crippen LogP contribution in [-0.4, -0.2) is 37.0 Å². The van der Waals surface area contributed by atoms with Crippen LogP contribution in [0.1, 0.15) is 46.0 Å². The monoisotopic (exact) mass is 250 g/mol. The summed E-state index contributed by atoms with van der Waals surface area (Å²) >= 11 is 0. The number of amides is 1. The summed E-state index contributed by atoms with van der Waals surface area (Å²) in [6.45, 7) is 8.82. The average molecular weight is 250 g/mol. The molecular weight excluding hydrogens is 224 g/mol. The minimum Gasteiger partial charge on any atom is -0.342 e. The van der Waals surface area contributed by atoms with Crippen molar-refractivity contribution in [2.75, 3.05) is 26.2 Å². The Labute approximate surface area is 110 Å². The number of nitrogens with one attached hydrogen (secondary N) is 1. The Balaban J connectivity index is 1.57. The van der Waals surface area contributed by atoms with Gasteiger partial charge >= 0.3 is 0 Å². The smallest absolute Gasteiger partial charge is 0.228 e. The fraction of sp³-hybridized carbons (Fsp3) is 0.933. The van der Waals surface area contributed by atoms with E-state index in [2.05, 4.69) is 24.1 Å². The molecule has 3 aliphatic rings. The van der Waals surface area contributed by atoms with Crippen molar-refractivity contribution in [2.45, 2.75) is 46.0 Å². The van der Waals surface area contributed by atoms with Crippen molar-refractivity contribution in [3.8, 4) is 0 Å². The van der Waals surface area contributed by atoms with E-state index in [9.17, 15) is 4.79 Å². The second-order valence-electron chi connectivity index (χ2n) is 7.27. The molecule has 1 aliphatic carbocycles. The van der Waals surface area contributed by atoms with Gasteiger partial charge in [0, 0.05) is 31.6 Å². The van der Waals surface area contributed by atoms with Gasteiger partial charge in [-0.15, -0.1) is 0 Å². The van der Waals surface area contributed by atoms with Crippen molar-refractivity contribution in [1.29, 1.82) is 0 Å². The predicted molar refractivity (Wildman–Crippen MR) is 72.2 cm³/mol. The molecule has 0 aromatic carbocycles. The Morgan fingerprint density at radius 2 is 1.78 bits per heavy atom. The van der Waals surface area contributed by atoms with Crippen molar-refractivity contribution in [2.24, 2.45) is 16.7 Å². The van der Waals surface area contributed by atoms with Gasteiger partial charge in [-0.25, -0.2) is 0 Å². The third-order valence-corrected chi connectivity index (χ3v) is 5.22. The van der Waals surface area contributed by atoms with Crippen LogP contribution in [0.25, 0.3) is 0 Å². The molecule has 3 nitrogen and oxygen atoms in total. The van der Waals surface area contributed by atoms with Crippen LogP contribution in [0.2, 0.25) is 0 Å². The Morgan fingerprint density at radius 1 is 1.17 bits per heavy atom. The van der Waals surface area contributed by atoms with Crippen LogP contribution in [0, 0.1) is 16.7 Å². The molecule has 1 amide bonds. The summed E-state index contributed by atoms with van der Waals surface area (Å²) in [5.41, 5.74) is 0.599. The fourth-order valence-electron chi connectivity index (χ4n) is 3.79. The van der Waals surface area contributed by atoms with Gasteiger partial charge in [-0.2, -0.15) is 0 Å². The maximum absolute atomic E-state index is 12.6. The van der Waals surface area contributed by atoms with Crippen LogP contribution in [0.15, 0.2) is 0 Å². The zero-order valence-corrected chi connectivity index (χ0v) is 11.8. The predicted octanol–water partition coefficient (Wildman–Crippen LogP) is 2.02. The highest BCUT2D eigenvalue weighted by Gasteiger charge is 2.52. The number of carbonyl (C=O) groups is 1. The molecule has 0 bridgehead atoms. The number of piperidine rings is 1. The topological polar surface area (TPSA) is 32.3 Å². The Hall–Kier alpha value is -0.570. The molecule has 0 aromatic rings. The molecule has 0 aromatic heterocycles. The van der Waals surface area contributed by atoms with Crippen LogP contribution in [0.5, 0.6) is 0 Å². The summed E-state index contributed by atoms with van der Waals surface area (Å²) < 4.78 is 0. The van der Waals surface area contributed by atoms with Gasteiger partial charge in [0.25, 0.3) is 0 Å².